The first-order valence-electron chi connectivity index (χ1n) is 9.66. The lowest BCUT2D eigenvalue weighted by Gasteiger charge is -2.29. The predicted octanol–water partition coefficient (Wildman–Crippen LogP) is 4.79. The summed E-state index contributed by atoms with van der Waals surface area (Å²) in [6.45, 7) is 2.95. The SMILES string of the molecule is CC1Cc2[nH]nc(C3=CC3)c2C=C1C(=O)N1CCCC1c1ccc(Cl)cc1. The van der Waals surface area contributed by atoms with Gasteiger partial charge >= 0.3 is 0 Å². The van der Waals surface area contributed by atoms with E-state index in [9.17, 15) is 4.79 Å². The molecule has 2 aromatic rings. The Hall–Kier alpha value is -2.33. The molecule has 1 aromatic heterocycles. The van der Waals surface area contributed by atoms with Crippen molar-refractivity contribution in [2.24, 2.45) is 5.92 Å². The Bertz CT molecular complexity index is 970. The summed E-state index contributed by atoms with van der Waals surface area (Å²) in [5.41, 5.74) is 6.65. The number of H-pyrrole nitrogens is 1. The van der Waals surface area contributed by atoms with Crippen LogP contribution in [0.2, 0.25) is 5.02 Å². The molecule has 3 aliphatic rings. The lowest BCUT2D eigenvalue weighted by molar-refractivity contribution is -0.128. The van der Waals surface area contributed by atoms with Gasteiger partial charge in [-0.1, -0.05) is 36.7 Å². The standard InChI is InChI=1S/C22H22ClN3O/c1-13-11-19-18(21(25-24-19)15-4-5-15)12-17(13)22(27)26-10-2-3-20(26)14-6-8-16(23)9-7-14/h4,6-9,12-13,20H,2-3,5,10-11H2,1H3,(H,24,25). The van der Waals surface area contributed by atoms with Gasteiger partial charge in [-0.3, -0.25) is 9.89 Å². The maximum Gasteiger partial charge on any atom is 0.250 e. The number of benzene rings is 1. The van der Waals surface area contributed by atoms with E-state index < -0.39 is 0 Å². The van der Waals surface area contributed by atoms with Crippen molar-refractivity contribution in [1.82, 2.24) is 15.1 Å². The van der Waals surface area contributed by atoms with E-state index in [-0.39, 0.29) is 17.9 Å². The van der Waals surface area contributed by atoms with Crippen molar-refractivity contribution in [2.45, 2.75) is 38.6 Å². The highest BCUT2D eigenvalue weighted by Crippen LogP contribution is 2.40. The number of carbonyl (C=O) groups is 1. The van der Waals surface area contributed by atoms with Crippen molar-refractivity contribution in [3.05, 3.63) is 63.5 Å². The fourth-order valence-electron chi connectivity index (χ4n) is 4.38. The van der Waals surface area contributed by atoms with E-state index in [1.54, 1.807) is 0 Å². The van der Waals surface area contributed by atoms with Crippen molar-refractivity contribution in [3.8, 4) is 0 Å². The molecule has 0 radical (unpaired) electrons. The van der Waals surface area contributed by atoms with E-state index in [0.717, 1.165) is 59.8 Å². The van der Waals surface area contributed by atoms with Gasteiger partial charge in [0.05, 0.1) is 11.7 Å². The molecule has 0 spiro atoms. The summed E-state index contributed by atoms with van der Waals surface area (Å²) in [6.07, 6.45) is 8.16. The van der Waals surface area contributed by atoms with Crippen LogP contribution in [0.3, 0.4) is 0 Å². The summed E-state index contributed by atoms with van der Waals surface area (Å²) >= 11 is 6.04. The third-order valence-corrected chi connectivity index (χ3v) is 6.20. The summed E-state index contributed by atoms with van der Waals surface area (Å²) in [5, 5.41) is 8.38. The number of halogens is 1. The Balaban J connectivity index is 1.47. The van der Waals surface area contributed by atoms with Crippen molar-refractivity contribution < 1.29 is 4.79 Å². The highest BCUT2D eigenvalue weighted by molar-refractivity contribution is 6.30. The van der Waals surface area contributed by atoms with E-state index in [1.165, 1.54) is 11.1 Å². The van der Waals surface area contributed by atoms with Gasteiger partial charge in [0.15, 0.2) is 0 Å². The molecule has 2 heterocycles. The minimum Gasteiger partial charge on any atom is -0.332 e. The summed E-state index contributed by atoms with van der Waals surface area (Å²) in [4.78, 5) is 15.5. The molecular weight excluding hydrogens is 358 g/mol. The Morgan fingerprint density at radius 2 is 2.07 bits per heavy atom. The number of aromatic amines is 1. The Labute approximate surface area is 163 Å². The van der Waals surface area contributed by atoms with Gasteiger partial charge in [0, 0.05) is 28.4 Å². The van der Waals surface area contributed by atoms with Crippen LogP contribution in [0, 0.1) is 5.92 Å². The van der Waals surface area contributed by atoms with Crippen LogP contribution in [0.5, 0.6) is 0 Å². The average molecular weight is 380 g/mol. The van der Waals surface area contributed by atoms with Gasteiger partial charge in [0.1, 0.15) is 0 Å². The average Bonchev–Trinajstić information content (AvgIpc) is 3.24. The fraction of sp³-hybridized carbons (Fsp3) is 0.364. The van der Waals surface area contributed by atoms with E-state index in [2.05, 4.69) is 29.3 Å². The second-order valence-corrected chi connectivity index (χ2v) is 8.25. The van der Waals surface area contributed by atoms with Gasteiger partial charge in [-0.15, -0.1) is 0 Å². The summed E-state index contributed by atoms with van der Waals surface area (Å²) in [5.74, 6) is 0.362. The smallest absolute Gasteiger partial charge is 0.250 e. The number of likely N-dealkylation sites (tertiary alicyclic amines) is 1. The molecule has 2 atom stereocenters. The van der Waals surface area contributed by atoms with E-state index in [1.807, 2.05) is 29.2 Å². The quantitative estimate of drug-likeness (QED) is 0.833. The highest BCUT2D eigenvalue weighted by Gasteiger charge is 2.35. The molecule has 5 heteroatoms. The maximum absolute atomic E-state index is 13.5. The first-order chi connectivity index (χ1) is 13.1. The molecule has 1 amide bonds. The monoisotopic (exact) mass is 379 g/mol. The van der Waals surface area contributed by atoms with Gasteiger partial charge in [-0.05, 0) is 60.9 Å². The molecule has 1 saturated heterocycles. The highest BCUT2D eigenvalue weighted by atomic mass is 35.5. The Kier molecular flexibility index (Phi) is 3.97. The fourth-order valence-corrected chi connectivity index (χ4v) is 4.51. The molecule has 0 saturated carbocycles. The first-order valence-corrected chi connectivity index (χ1v) is 10.0. The van der Waals surface area contributed by atoms with Crippen LogP contribution in [-0.4, -0.2) is 27.5 Å². The number of fused-ring (bicyclic) bond motifs is 1. The van der Waals surface area contributed by atoms with Crippen molar-refractivity contribution in [1.29, 1.82) is 0 Å². The number of rotatable bonds is 3. The van der Waals surface area contributed by atoms with Gasteiger partial charge in [-0.2, -0.15) is 5.10 Å². The normalized spacial score (nSPS) is 23.7. The molecule has 27 heavy (non-hydrogen) atoms. The largest absolute Gasteiger partial charge is 0.332 e. The number of carbonyl (C=O) groups excluding carboxylic acids is 1. The van der Waals surface area contributed by atoms with Crippen LogP contribution in [0.15, 0.2) is 35.9 Å². The van der Waals surface area contributed by atoms with Gasteiger partial charge < -0.3 is 4.90 Å². The molecular formula is C22H22ClN3O. The minimum absolute atomic E-state index is 0.138. The Morgan fingerprint density at radius 3 is 2.81 bits per heavy atom. The second kappa shape index (κ2) is 6.38. The zero-order valence-corrected chi connectivity index (χ0v) is 16.1. The van der Waals surface area contributed by atoms with E-state index in [0.29, 0.717) is 0 Å². The molecule has 1 N–H and O–H groups in total. The molecule has 1 fully saturated rings. The number of hydrogen-bond donors (Lipinski definition) is 1. The second-order valence-electron chi connectivity index (χ2n) is 7.81. The third kappa shape index (κ3) is 2.92. The number of aromatic nitrogens is 2. The molecule has 4 nitrogen and oxygen atoms in total. The van der Waals surface area contributed by atoms with Crippen molar-refractivity contribution in [3.63, 3.8) is 0 Å². The number of allylic oxidation sites excluding steroid dienone is 2. The van der Waals surface area contributed by atoms with Crippen molar-refractivity contribution >= 4 is 29.2 Å². The minimum atomic E-state index is 0.138. The van der Waals surface area contributed by atoms with Crippen LogP contribution >= 0.6 is 11.6 Å². The zero-order valence-electron chi connectivity index (χ0n) is 15.3. The molecule has 1 aromatic carbocycles. The molecule has 1 aliphatic heterocycles. The summed E-state index contributed by atoms with van der Waals surface area (Å²) in [6, 6.07) is 8.05. The number of hydrogen-bond acceptors (Lipinski definition) is 2. The van der Waals surface area contributed by atoms with Crippen LogP contribution < -0.4 is 0 Å². The summed E-state index contributed by atoms with van der Waals surface area (Å²) in [7, 11) is 0. The molecule has 138 valence electrons. The zero-order chi connectivity index (χ0) is 18.5. The predicted molar refractivity (Wildman–Crippen MR) is 107 cm³/mol. The van der Waals surface area contributed by atoms with Gasteiger partial charge in [-0.25, -0.2) is 0 Å². The summed E-state index contributed by atoms with van der Waals surface area (Å²) < 4.78 is 0. The molecule has 5 rings (SSSR count). The topological polar surface area (TPSA) is 49.0 Å². The number of nitrogens with zero attached hydrogens (tertiary/aromatic N) is 2. The van der Waals surface area contributed by atoms with Gasteiger partial charge in [0.2, 0.25) is 0 Å². The van der Waals surface area contributed by atoms with Crippen LogP contribution in [0.4, 0.5) is 0 Å². The van der Waals surface area contributed by atoms with Crippen molar-refractivity contribution in [2.75, 3.05) is 6.54 Å². The molecule has 2 aliphatic carbocycles. The van der Waals surface area contributed by atoms with E-state index >= 15 is 0 Å². The molecule has 0 bridgehead atoms. The number of nitrogens with one attached hydrogen (secondary N) is 1. The lowest BCUT2D eigenvalue weighted by Crippen LogP contribution is -2.34. The lowest BCUT2D eigenvalue weighted by atomic mass is 9.86. The first kappa shape index (κ1) is 16.8. The van der Waals surface area contributed by atoms with Crippen LogP contribution in [0.1, 0.15) is 54.7 Å². The van der Waals surface area contributed by atoms with Gasteiger partial charge in [0.25, 0.3) is 5.91 Å². The van der Waals surface area contributed by atoms with E-state index in [4.69, 9.17) is 11.6 Å². The Morgan fingerprint density at radius 1 is 1.30 bits per heavy atom. The number of amides is 1. The van der Waals surface area contributed by atoms with Crippen LogP contribution in [-0.2, 0) is 11.2 Å². The van der Waals surface area contributed by atoms with Crippen LogP contribution in [0.25, 0.3) is 11.6 Å². The molecule has 2 unspecified atom stereocenters. The maximum atomic E-state index is 13.5. The third-order valence-electron chi connectivity index (χ3n) is 5.95.